The number of aryl methyl sites for hydroxylation is 1. The first-order valence-corrected chi connectivity index (χ1v) is 6.56. The Morgan fingerprint density at radius 3 is 2.76 bits per heavy atom. The van der Waals surface area contributed by atoms with Crippen molar-refractivity contribution in [2.75, 3.05) is 12.4 Å². The van der Waals surface area contributed by atoms with Crippen LogP contribution >= 0.6 is 0 Å². The minimum Gasteiger partial charge on any atom is -0.508 e. The summed E-state index contributed by atoms with van der Waals surface area (Å²) in [5.74, 6) is 0.930. The fourth-order valence-corrected chi connectivity index (χ4v) is 1.92. The Kier molecular flexibility index (Phi) is 4.66. The normalized spacial score (nSPS) is 10.0. The van der Waals surface area contributed by atoms with E-state index < -0.39 is 0 Å². The third kappa shape index (κ3) is 4.14. The van der Waals surface area contributed by atoms with Crippen LogP contribution < -0.4 is 15.4 Å². The Labute approximate surface area is 123 Å². The topological polar surface area (TPSA) is 70.6 Å². The molecule has 2 amide bonds. The van der Waals surface area contributed by atoms with E-state index in [1.807, 2.05) is 31.2 Å². The maximum Gasteiger partial charge on any atom is 0.319 e. The molecule has 110 valence electrons. The highest BCUT2D eigenvalue weighted by Gasteiger charge is 2.05. The minimum absolute atomic E-state index is 0.176. The zero-order valence-electron chi connectivity index (χ0n) is 12.0. The average Bonchev–Trinajstić information content (AvgIpc) is 2.48. The predicted molar refractivity (Wildman–Crippen MR) is 81.7 cm³/mol. The second-order valence-corrected chi connectivity index (χ2v) is 4.66. The summed E-state index contributed by atoms with van der Waals surface area (Å²) in [5, 5.41) is 14.8. The molecule has 21 heavy (non-hydrogen) atoms. The number of phenols is 1. The molecular formula is C16H18N2O3. The molecule has 3 N–H and O–H groups in total. The van der Waals surface area contributed by atoms with E-state index in [-0.39, 0.29) is 11.8 Å². The molecule has 0 radical (unpaired) electrons. The van der Waals surface area contributed by atoms with E-state index in [0.717, 1.165) is 16.9 Å². The molecule has 2 aromatic carbocycles. The summed E-state index contributed by atoms with van der Waals surface area (Å²) in [4.78, 5) is 11.9. The van der Waals surface area contributed by atoms with Crippen LogP contribution in [-0.4, -0.2) is 18.2 Å². The first-order valence-electron chi connectivity index (χ1n) is 6.56. The molecule has 0 fully saturated rings. The summed E-state index contributed by atoms with van der Waals surface area (Å²) in [6.07, 6.45) is 0. The van der Waals surface area contributed by atoms with Gasteiger partial charge >= 0.3 is 6.03 Å². The van der Waals surface area contributed by atoms with E-state index in [0.29, 0.717) is 12.2 Å². The SMILES string of the molecule is COc1cccc(CNC(=O)Nc2ccc(O)cc2C)c1. The highest BCUT2D eigenvalue weighted by atomic mass is 16.5. The van der Waals surface area contributed by atoms with E-state index in [1.165, 1.54) is 6.07 Å². The predicted octanol–water partition coefficient (Wildman–Crippen LogP) is 3.03. The van der Waals surface area contributed by atoms with E-state index in [1.54, 1.807) is 19.2 Å². The van der Waals surface area contributed by atoms with Crippen LogP contribution in [0.3, 0.4) is 0 Å². The molecule has 0 atom stereocenters. The molecule has 0 aromatic heterocycles. The first kappa shape index (κ1) is 14.7. The fraction of sp³-hybridized carbons (Fsp3) is 0.188. The number of ether oxygens (including phenoxy) is 1. The zero-order chi connectivity index (χ0) is 15.2. The van der Waals surface area contributed by atoms with Crippen molar-refractivity contribution in [2.24, 2.45) is 0 Å². The van der Waals surface area contributed by atoms with E-state index in [4.69, 9.17) is 4.74 Å². The quantitative estimate of drug-likeness (QED) is 0.757. The fourth-order valence-electron chi connectivity index (χ4n) is 1.92. The Balaban J connectivity index is 1.92. The molecular weight excluding hydrogens is 268 g/mol. The standard InChI is InChI=1S/C16H18N2O3/c1-11-8-13(19)6-7-15(11)18-16(20)17-10-12-4-3-5-14(9-12)21-2/h3-9,19H,10H2,1-2H3,(H2,17,18,20). The van der Waals surface area contributed by atoms with Gasteiger partial charge in [-0.3, -0.25) is 0 Å². The average molecular weight is 286 g/mol. The Hall–Kier alpha value is -2.69. The molecule has 0 unspecified atom stereocenters. The zero-order valence-corrected chi connectivity index (χ0v) is 12.0. The molecule has 5 heteroatoms. The molecule has 5 nitrogen and oxygen atoms in total. The molecule has 0 aliphatic carbocycles. The number of carbonyl (C=O) groups is 1. The summed E-state index contributed by atoms with van der Waals surface area (Å²) in [6.45, 7) is 2.22. The highest BCUT2D eigenvalue weighted by Crippen LogP contribution is 2.20. The lowest BCUT2D eigenvalue weighted by molar-refractivity contribution is 0.251. The number of phenolic OH excluding ortho intramolecular Hbond substituents is 1. The van der Waals surface area contributed by atoms with Crippen LogP contribution in [0.5, 0.6) is 11.5 Å². The monoisotopic (exact) mass is 286 g/mol. The number of methoxy groups -OCH3 is 1. The van der Waals surface area contributed by atoms with Gasteiger partial charge in [0.2, 0.25) is 0 Å². The second kappa shape index (κ2) is 6.65. The van der Waals surface area contributed by atoms with Gasteiger partial charge in [-0.15, -0.1) is 0 Å². The van der Waals surface area contributed by atoms with Crippen molar-refractivity contribution in [2.45, 2.75) is 13.5 Å². The highest BCUT2D eigenvalue weighted by molar-refractivity contribution is 5.90. The van der Waals surface area contributed by atoms with Crippen molar-refractivity contribution >= 4 is 11.7 Å². The van der Waals surface area contributed by atoms with E-state index in [2.05, 4.69) is 10.6 Å². The van der Waals surface area contributed by atoms with Crippen molar-refractivity contribution in [1.82, 2.24) is 5.32 Å². The second-order valence-electron chi connectivity index (χ2n) is 4.66. The van der Waals surface area contributed by atoms with Gasteiger partial charge in [0.15, 0.2) is 0 Å². The third-order valence-corrected chi connectivity index (χ3v) is 3.05. The molecule has 0 bridgehead atoms. The summed E-state index contributed by atoms with van der Waals surface area (Å²) in [6, 6.07) is 12.0. The Morgan fingerprint density at radius 2 is 2.05 bits per heavy atom. The number of hydrogen-bond acceptors (Lipinski definition) is 3. The van der Waals surface area contributed by atoms with Gasteiger partial charge in [-0.05, 0) is 48.4 Å². The number of carbonyl (C=O) groups excluding carboxylic acids is 1. The van der Waals surface area contributed by atoms with Gasteiger partial charge in [-0.1, -0.05) is 12.1 Å². The molecule has 0 saturated heterocycles. The van der Waals surface area contributed by atoms with Crippen molar-refractivity contribution in [1.29, 1.82) is 0 Å². The number of hydrogen-bond donors (Lipinski definition) is 3. The Bertz CT molecular complexity index is 641. The number of urea groups is 1. The van der Waals surface area contributed by atoms with Crippen LogP contribution in [0.25, 0.3) is 0 Å². The van der Waals surface area contributed by atoms with Crippen LogP contribution in [-0.2, 0) is 6.54 Å². The molecule has 2 rings (SSSR count). The van der Waals surface area contributed by atoms with Gasteiger partial charge in [-0.2, -0.15) is 0 Å². The van der Waals surface area contributed by atoms with Gasteiger partial charge < -0.3 is 20.5 Å². The van der Waals surface area contributed by atoms with Crippen LogP contribution in [0.1, 0.15) is 11.1 Å². The summed E-state index contributed by atoms with van der Waals surface area (Å²) < 4.78 is 5.13. The summed E-state index contributed by atoms with van der Waals surface area (Å²) >= 11 is 0. The van der Waals surface area contributed by atoms with Gasteiger partial charge in [-0.25, -0.2) is 4.79 Å². The van der Waals surface area contributed by atoms with E-state index in [9.17, 15) is 9.90 Å². The number of rotatable bonds is 4. The third-order valence-electron chi connectivity index (χ3n) is 3.05. The summed E-state index contributed by atoms with van der Waals surface area (Å²) in [5.41, 5.74) is 2.41. The first-order chi connectivity index (χ1) is 10.1. The number of amides is 2. The number of nitrogens with one attached hydrogen (secondary N) is 2. The van der Waals surface area contributed by atoms with Crippen molar-refractivity contribution in [3.63, 3.8) is 0 Å². The van der Waals surface area contributed by atoms with Crippen LogP contribution in [0.4, 0.5) is 10.5 Å². The molecule has 2 aromatic rings. The lowest BCUT2D eigenvalue weighted by atomic mass is 10.2. The maximum absolute atomic E-state index is 11.9. The number of anilines is 1. The smallest absolute Gasteiger partial charge is 0.319 e. The number of aromatic hydroxyl groups is 1. The molecule has 0 saturated carbocycles. The van der Waals surface area contributed by atoms with E-state index >= 15 is 0 Å². The minimum atomic E-state index is -0.299. The maximum atomic E-state index is 11.9. The van der Waals surface area contributed by atoms with Gasteiger partial charge in [0.05, 0.1) is 7.11 Å². The number of benzene rings is 2. The van der Waals surface area contributed by atoms with Gasteiger partial charge in [0.1, 0.15) is 11.5 Å². The largest absolute Gasteiger partial charge is 0.508 e. The molecule has 0 aliphatic rings. The Morgan fingerprint density at radius 1 is 1.24 bits per heavy atom. The molecule has 0 heterocycles. The molecule has 0 aliphatic heterocycles. The lowest BCUT2D eigenvalue weighted by Crippen LogP contribution is -2.28. The van der Waals surface area contributed by atoms with Crippen molar-refractivity contribution in [3.8, 4) is 11.5 Å². The van der Waals surface area contributed by atoms with Crippen LogP contribution in [0.15, 0.2) is 42.5 Å². The van der Waals surface area contributed by atoms with Crippen molar-refractivity contribution in [3.05, 3.63) is 53.6 Å². The molecule has 0 spiro atoms. The van der Waals surface area contributed by atoms with Gasteiger partial charge in [0.25, 0.3) is 0 Å². The van der Waals surface area contributed by atoms with Crippen LogP contribution in [0, 0.1) is 6.92 Å². The van der Waals surface area contributed by atoms with Crippen molar-refractivity contribution < 1.29 is 14.6 Å². The lowest BCUT2D eigenvalue weighted by Gasteiger charge is -2.10. The summed E-state index contributed by atoms with van der Waals surface area (Å²) in [7, 11) is 1.60. The van der Waals surface area contributed by atoms with Crippen LogP contribution in [0.2, 0.25) is 0 Å². The van der Waals surface area contributed by atoms with Gasteiger partial charge in [0, 0.05) is 12.2 Å².